The molecule has 0 radical (unpaired) electrons. The Morgan fingerprint density at radius 3 is 2.79 bits per heavy atom. The molecule has 3 atom stereocenters. The highest BCUT2D eigenvalue weighted by Gasteiger charge is 2.61. The van der Waals surface area contributed by atoms with Crippen molar-refractivity contribution in [1.82, 2.24) is 0 Å². The van der Waals surface area contributed by atoms with E-state index in [9.17, 15) is 4.79 Å². The van der Waals surface area contributed by atoms with Gasteiger partial charge in [0.15, 0.2) is 0 Å². The van der Waals surface area contributed by atoms with Crippen molar-refractivity contribution >= 4 is 21.8 Å². The molecule has 2 aliphatic carbocycles. The molecule has 0 saturated heterocycles. The lowest BCUT2D eigenvalue weighted by atomic mass is 9.68. The molecule has 0 aromatic rings. The quantitative estimate of drug-likeness (QED) is 0.599. The summed E-state index contributed by atoms with van der Waals surface area (Å²) in [5.41, 5.74) is 6.28. The maximum atomic E-state index is 11.5. The summed E-state index contributed by atoms with van der Waals surface area (Å²) in [6.07, 6.45) is 2.95. The van der Waals surface area contributed by atoms with Crippen molar-refractivity contribution in [3.63, 3.8) is 0 Å². The fraction of sp³-hybridized carbons (Fsp3) is 0.727. The summed E-state index contributed by atoms with van der Waals surface area (Å²) < 4.78 is 0. The van der Waals surface area contributed by atoms with Crippen LogP contribution in [0.25, 0.3) is 0 Å². The summed E-state index contributed by atoms with van der Waals surface area (Å²) in [7, 11) is 0. The molecule has 0 spiro atoms. The van der Waals surface area contributed by atoms with Gasteiger partial charge < -0.3 is 5.73 Å². The topological polar surface area (TPSA) is 43.1 Å². The van der Waals surface area contributed by atoms with E-state index in [-0.39, 0.29) is 16.7 Å². The van der Waals surface area contributed by atoms with Crippen LogP contribution in [0, 0.1) is 16.7 Å². The average molecular weight is 258 g/mol. The number of carbonyl (C=O) groups is 1. The van der Waals surface area contributed by atoms with Crippen molar-refractivity contribution in [1.29, 1.82) is 0 Å². The summed E-state index contributed by atoms with van der Waals surface area (Å²) >= 11 is 3.53. The molecule has 2 saturated carbocycles. The summed E-state index contributed by atoms with van der Waals surface area (Å²) in [6.45, 7) is 6.32. The number of hydrogen-bond donors (Lipinski definition) is 1. The monoisotopic (exact) mass is 257 g/mol. The van der Waals surface area contributed by atoms with Gasteiger partial charge in [0.25, 0.3) is 0 Å². The van der Waals surface area contributed by atoms with E-state index in [0.717, 1.165) is 30.2 Å². The molecule has 2 N–H and O–H groups in total. The van der Waals surface area contributed by atoms with Crippen LogP contribution < -0.4 is 5.73 Å². The highest BCUT2D eigenvalue weighted by Crippen LogP contribution is 2.65. The molecule has 0 unspecified atom stereocenters. The standard InChI is InChI=1S/C11H16BrNO/c1-7-10(2,6-12)8-3-4-11(7,5-8)9(13)14/h8H,1,3-6H2,2H3,(H2,13,14)/t8-,10-,11-/m1/s1. The average Bonchev–Trinajstić information content (AvgIpc) is 2.67. The van der Waals surface area contributed by atoms with Gasteiger partial charge in [0.1, 0.15) is 0 Å². The number of primary amides is 1. The molecular formula is C11H16BrNO. The Bertz CT molecular complexity index is 314. The second-order valence-corrected chi connectivity index (χ2v) is 5.48. The lowest BCUT2D eigenvalue weighted by Crippen LogP contribution is -2.39. The van der Waals surface area contributed by atoms with E-state index in [1.54, 1.807) is 0 Å². The van der Waals surface area contributed by atoms with Crippen molar-refractivity contribution in [2.24, 2.45) is 22.5 Å². The molecule has 0 aromatic carbocycles. The van der Waals surface area contributed by atoms with Crippen LogP contribution in [0.1, 0.15) is 26.2 Å². The molecule has 3 heteroatoms. The van der Waals surface area contributed by atoms with Crippen molar-refractivity contribution in [3.8, 4) is 0 Å². The van der Waals surface area contributed by atoms with Crippen LogP contribution in [-0.4, -0.2) is 11.2 Å². The van der Waals surface area contributed by atoms with Crippen LogP contribution in [0.3, 0.4) is 0 Å². The van der Waals surface area contributed by atoms with Gasteiger partial charge in [-0.05, 0) is 25.2 Å². The summed E-state index contributed by atoms with van der Waals surface area (Å²) in [6, 6.07) is 0. The number of halogens is 1. The predicted molar refractivity (Wildman–Crippen MR) is 60.0 cm³/mol. The lowest BCUT2D eigenvalue weighted by Gasteiger charge is -2.37. The molecule has 0 aromatic heterocycles. The largest absolute Gasteiger partial charge is 0.369 e. The molecule has 14 heavy (non-hydrogen) atoms. The summed E-state index contributed by atoms with van der Waals surface area (Å²) in [4.78, 5) is 11.5. The van der Waals surface area contributed by atoms with Gasteiger partial charge in [-0.25, -0.2) is 0 Å². The lowest BCUT2D eigenvalue weighted by molar-refractivity contribution is -0.125. The van der Waals surface area contributed by atoms with Crippen LogP contribution in [-0.2, 0) is 4.79 Å². The van der Waals surface area contributed by atoms with Gasteiger partial charge in [0, 0.05) is 10.7 Å². The first kappa shape index (κ1) is 10.2. The number of amides is 1. The minimum atomic E-state index is -0.382. The Hall–Kier alpha value is -0.310. The van der Waals surface area contributed by atoms with Crippen LogP contribution in [0.2, 0.25) is 0 Å². The minimum Gasteiger partial charge on any atom is -0.369 e. The third kappa shape index (κ3) is 0.940. The van der Waals surface area contributed by atoms with Crippen molar-refractivity contribution in [2.75, 3.05) is 5.33 Å². The van der Waals surface area contributed by atoms with E-state index < -0.39 is 0 Å². The number of carbonyl (C=O) groups excluding carboxylic acids is 1. The fourth-order valence-corrected chi connectivity index (χ4v) is 4.01. The Morgan fingerprint density at radius 2 is 2.43 bits per heavy atom. The number of alkyl halides is 1. The van der Waals surface area contributed by atoms with E-state index >= 15 is 0 Å². The molecule has 2 fully saturated rings. The third-order valence-corrected chi connectivity index (χ3v) is 5.60. The number of hydrogen-bond acceptors (Lipinski definition) is 1. The molecular weight excluding hydrogens is 242 g/mol. The number of rotatable bonds is 2. The SMILES string of the molecule is C=C1[C@@]2(C(N)=O)CC[C@H](C2)[C@]1(C)CBr. The van der Waals surface area contributed by atoms with E-state index in [4.69, 9.17) is 5.73 Å². The molecule has 0 aliphatic heterocycles. The maximum absolute atomic E-state index is 11.5. The van der Waals surface area contributed by atoms with Gasteiger partial charge in [0.2, 0.25) is 5.91 Å². The van der Waals surface area contributed by atoms with E-state index in [2.05, 4.69) is 29.4 Å². The molecule has 2 rings (SSSR count). The highest BCUT2D eigenvalue weighted by molar-refractivity contribution is 9.09. The molecule has 2 bridgehead atoms. The zero-order valence-corrected chi connectivity index (χ0v) is 10.1. The Labute approximate surface area is 93.1 Å². The maximum Gasteiger partial charge on any atom is 0.227 e. The van der Waals surface area contributed by atoms with Crippen molar-refractivity contribution < 1.29 is 4.79 Å². The van der Waals surface area contributed by atoms with Gasteiger partial charge in [-0.1, -0.05) is 35.0 Å². The molecule has 2 aliphatic rings. The fourth-order valence-electron chi connectivity index (χ4n) is 3.22. The normalized spacial score (nSPS) is 45.9. The summed E-state index contributed by atoms with van der Waals surface area (Å²) in [5.74, 6) is 0.413. The Morgan fingerprint density at radius 1 is 1.79 bits per heavy atom. The van der Waals surface area contributed by atoms with Gasteiger partial charge in [-0.15, -0.1) is 0 Å². The third-order valence-electron chi connectivity index (χ3n) is 4.43. The van der Waals surface area contributed by atoms with E-state index in [1.165, 1.54) is 0 Å². The van der Waals surface area contributed by atoms with Crippen LogP contribution >= 0.6 is 15.9 Å². The van der Waals surface area contributed by atoms with Crippen molar-refractivity contribution in [2.45, 2.75) is 26.2 Å². The van der Waals surface area contributed by atoms with Gasteiger partial charge >= 0.3 is 0 Å². The van der Waals surface area contributed by atoms with Crippen LogP contribution in [0.4, 0.5) is 0 Å². The van der Waals surface area contributed by atoms with Crippen LogP contribution in [0.5, 0.6) is 0 Å². The van der Waals surface area contributed by atoms with Gasteiger partial charge in [-0.3, -0.25) is 4.79 Å². The van der Waals surface area contributed by atoms with Crippen LogP contribution in [0.15, 0.2) is 12.2 Å². The zero-order chi connectivity index (χ0) is 10.6. The van der Waals surface area contributed by atoms with Gasteiger partial charge in [-0.2, -0.15) is 0 Å². The first-order chi connectivity index (χ1) is 6.47. The summed E-state index contributed by atoms with van der Waals surface area (Å²) in [5, 5.41) is 0.887. The zero-order valence-electron chi connectivity index (χ0n) is 8.48. The second-order valence-electron chi connectivity index (χ2n) is 4.92. The molecule has 0 heterocycles. The number of fused-ring (bicyclic) bond motifs is 2. The van der Waals surface area contributed by atoms with Crippen molar-refractivity contribution in [3.05, 3.63) is 12.2 Å². The Balaban J connectivity index is 2.44. The molecule has 2 nitrogen and oxygen atoms in total. The first-order valence-corrected chi connectivity index (χ1v) is 6.15. The predicted octanol–water partition coefficient (Wildman–Crippen LogP) is 2.23. The number of nitrogens with two attached hydrogens (primary N) is 1. The molecule has 1 amide bonds. The minimum absolute atomic E-state index is 0.0767. The molecule has 78 valence electrons. The highest BCUT2D eigenvalue weighted by atomic mass is 79.9. The first-order valence-electron chi connectivity index (χ1n) is 5.03. The smallest absolute Gasteiger partial charge is 0.227 e. The van der Waals surface area contributed by atoms with E-state index in [1.807, 2.05) is 0 Å². The second kappa shape index (κ2) is 2.84. The van der Waals surface area contributed by atoms with E-state index in [0.29, 0.717) is 5.92 Å². The van der Waals surface area contributed by atoms with Gasteiger partial charge in [0.05, 0.1) is 5.41 Å². The Kier molecular flexibility index (Phi) is 2.08.